The Morgan fingerprint density at radius 1 is 1.11 bits per heavy atom. The molecule has 2 aromatic heterocycles. The van der Waals surface area contributed by atoms with Crippen LogP contribution in [0.5, 0.6) is 0 Å². The minimum Gasteiger partial charge on any atom is -0.339 e. The summed E-state index contributed by atoms with van der Waals surface area (Å²) in [7, 11) is 2.01. The summed E-state index contributed by atoms with van der Waals surface area (Å²) in [6.07, 6.45) is 9.43. The van der Waals surface area contributed by atoms with E-state index in [4.69, 9.17) is 9.62 Å². The number of carbonyl (C=O) groups excluding carboxylic acids is 1. The second-order valence-electron chi connectivity index (χ2n) is 12.0. The van der Waals surface area contributed by atoms with E-state index in [-0.39, 0.29) is 5.91 Å². The maximum atomic E-state index is 14.3. The SMILES string of the molecule is Cn1nc(-c2cccc(N(CCCCCc3nc(C4CC4)no3)C(=O)C34CC(F)(C3)C4)c2)cc1C1CC1. The first-order chi connectivity index (χ1) is 17.9. The van der Waals surface area contributed by atoms with Gasteiger partial charge >= 0.3 is 0 Å². The third-order valence-electron chi connectivity index (χ3n) is 8.73. The smallest absolute Gasteiger partial charge is 0.233 e. The fraction of sp³-hybridized carbons (Fsp3) is 0.586. The molecule has 8 rings (SSSR count). The molecular formula is C29H34FN5O2. The zero-order valence-electron chi connectivity index (χ0n) is 21.5. The molecule has 1 aromatic carbocycles. The highest BCUT2D eigenvalue weighted by molar-refractivity contribution is 6.00. The van der Waals surface area contributed by atoms with Gasteiger partial charge in [0.05, 0.1) is 11.1 Å². The van der Waals surface area contributed by atoms with Crippen molar-refractivity contribution in [3.63, 3.8) is 0 Å². The fourth-order valence-corrected chi connectivity index (χ4v) is 6.34. The summed E-state index contributed by atoms with van der Waals surface area (Å²) in [4.78, 5) is 20.1. The highest BCUT2D eigenvalue weighted by Gasteiger charge is 2.73. The lowest BCUT2D eigenvalue weighted by Gasteiger charge is -2.65. The third kappa shape index (κ3) is 4.28. The van der Waals surface area contributed by atoms with E-state index >= 15 is 0 Å². The molecule has 37 heavy (non-hydrogen) atoms. The first kappa shape index (κ1) is 23.1. The number of hydrogen-bond donors (Lipinski definition) is 0. The van der Waals surface area contributed by atoms with Gasteiger partial charge < -0.3 is 9.42 Å². The van der Waals surface area contributed by atoms with Crippen molar-refractivity contribution in [2.75, 3.05) is 11.4 Å². The van der Waals surface area contributed by atoms with Crippen LogP contribution in [0.4, 0.5) is 10.1 Å². The standard InChI is InChI=1S/C29H34FN5O2/c1-34-24(19-9-10-19)15-23(32-34)21-6-5-7-22(14-21)35(27(36)28-16-29(30,17-28)18-28)13-4-2-3-8-25-31-26(33-37-25)20-11-12-20/h5-7,14-15,19-20H,2-4,8-13,16-18H2,1H3. The summed E-state index contributed by atoms with van der Waals surface area (Å²) >= 11 is 0. The second-order valence-corrected chi connectivity index (χ2v) is 12.0. The summed E-state index contributed by atoms with van der Waals surface area (Å²) in [5, 5.41) is 8.85. The van der Waals surface area contributed by atoms with E-state index in [9.17, 15) is 9.18 Å². The van der Waals surface area contributed by atoms with Crippen molar-refractivity contribution in [1.29, 1.82) is 0 Å². The second kappa shape index (κ2) is 8.50. The highest BCUT2D eigenvalue weighted by atomic mass is 19.1. The molecule has 5 aliphatic rings. The summed E-state index contributed by atoms with van der Waals surface area (Å²) in [6.45, 7) is 0.621. The van der Waals surface area contributed by atoms with Gasteiger partial charge in [-0.05, 0) is 76.0 Å². The molecule has 7 nitrogen and oxygen atoms in total. The number of anilines is 1. The molecule has 0 N–H and O–H groups in total. The Morgan fingerprint density at radius 3 is 2.62 bits per heavy atom. The van der Waals surface area contributed by atoms with Gasteiger partial charge in [0.25, 0.3) is 0 Å². The van der Waals surface area contributed by atoms with E-state index in [2.05, 4.69) is 28.3 Å². The van der Waals surface area contributed by atoms with Crippen LogP contribution in [0.1, 0.15) is 93.5 Å². The minimum absolute atomic E-state index is 0.0786. The van der Waals surface area contributed by atoms with Crippen molar-refractivity contribution in [3.05, 3.63) is 47.7 Å². The molecule has 0 aliphatic heterocycles. The fourth-order valence-electron chi connectivity index (χ4n) is 6.34. The van der Waals surface area contributed by atoms with Gasteiger partial charge in [-0.1, -0.05) is 23.7 Å². The lowest BCUT2D eigenvalue weighted by molar-refractivity contribution is -0.211. The van der Waals surface area contributed by atoms with E-state index in [1.807, 2.05) is 28.8 Å². The van der Waals surface area contributed by atoms with Crippen molar-refractivity contribution >= 4 is 11.6 Å². The van der Waals surface area contributed by atoms with Gasteiger partial charge in [-0.15, -0.1) is 0 Å². The monoisotopic (exact) mass is 503 g/mol. The summed E-state index contributed by atoms with van der Waals surface area (Å²) in [5.41, 5.74) is 2.51. The number of carbonyl (C=O) groups is 1. The molecule has 2 bridgehead atoms. The Labute approximate surface area is 216 Å². The Morgan fingerprint density at radius 2 is 1.89 bits per heavy atom. The number of nitrogens with zero attached hydrogens (tertiary/aromatic N) is 5. The van der Waals surface area contributed by atoms with Gasteiger partial charge in [-0.2, -0.15) is 10.1 Å². The summed E-state index contributed by atoms with van der Waals surface area (Å²) in [6, 6.07) is 10.3. The van der Waals surface area contributed by atoms with Gasteiger partial charge in [-0.25, -0.2) is 4.39 Å². The molecule has 5 saturated carbocycles. The van der Waals surface area contributed by atoms with Crippen molar-refractivity contribution in [1.82, 2.24) is 19.9 Å². The van der Waals surface area contributed by atoms with Crippen LogP contribution in [0.15, 0.2) is 34.9 Å². The van der Waals surface area contributed by atoms with Crippen LogP contribution in [0, 0.1) is 5.41 Å². The van der Waals surface area contributed by atoms with Gasteiger partial charge in [0, 0.05) is 48.8 Å². The van der Waals surface area contributed by atoms with Gasteiger partial charge in [-0.3, -0.25) is 9.48 Å². The predicted molar refractivity (Wildman–Crippen MR) is 137 cm³/mol. The largest absolute Gasteiger partial charge is 0.339 e. The molecule has 8 heteroatoms. The van der Waals surface area contributed by atoms with E-state index in [1.165, 1.54) is 18.5 Å². The lowest BCUT2D eigenvalue weighted by Crippen LogP contribution is -2.70. The van der Waals surface area contributed by atoms with E-state index in [0.717, 1.165) is 61.3 Å². The molecule has 5 fully saturated rings. The van der Waals surface area contributed by atoms with Crippen molar-refractivity contribution in [2.45, 2.75) is 88.1 Å². The first-order valence-corrected chi connectivity index (χ1v) is 13.9. The summed E-state index contributed by atoms with van der Waals surface area (Å²) in [5.74, 6) is 2.77. The molecule has 3 aromatic rings. The summed E-state index contributed by atoms with van der Waals surface area (Å²) < 4.78 is 21.7. The quantitative estimate of drug-likeness (QED) is 0.306. The molecule has 0 spiro atoms. The molecule has 0 unspecified atom stereocenters. The lowest BCUT2D eigenvalue weighted by atomic mass is 9.42. The highest BCUT2D eigenvalue weighted by Crippen LogP contribution is 2.70. The molecule has 0 saturated heterocycles. The van der Waals surface area contributed by atoms with Crippen LogP contribution in [-0.4, -0.2) is 38.0 Å². The Bertz CT molecular complexity index is 1320. The normalized spacial score (nSPS) is 26.0. The van der Waals surface area contributed by atoms with E-state index < -0.39 is 11.1 Å². The van der Waals surface area contributed by atoms with Crippen LogP contribution >= 0.6 is 0 Å². The zero-order chi connectivity index (χ0) is 25.2. The molecule has 194 valence electrons. The average Bonchev–Trinajstić information content (AvgIpc) is 3.79. The third-order valence-corrected chi connectivity index (χ3v) is 8.73. The number of hydrogen-bond acceptors (Lipinski definition) is 5. The van der Waals surface area contributed by atoms with Crippen molar-refractivity contribution < 1.29 is 13.7 Å². The van der Waals surface area contributed by atoms with Crippen molar-refractivity contribution in [3.8, 4) is 11.3 Å². The maximum absolute atomic E-state index is 14.3. The van der Waals surface area contributed by atoms with E-state index in [1.54, 1.807) is 0 Å². The van der Waals surface area contributed by atoms with Crippen LogP contribution < -0.4 is 4.90 Å². The van der Waals surface area contributed by atoms with Crippen LogP contribution in [0.25, 0.3) is 11.3 Å². The minimum atomic E-state index is -1.10. The number of amides is 1. The number of halogens is 1. The number of alkyl halides is 1. The molecular weight excluding hydrogens is 469 g/mol. The number of benzene rings is 1. The molecule has 5 aliphatic carbocycles. The van der Waals surface area contributed by atoms with Crippen molar-refractivity contribution in [2.24, 2.45) is 12.5 Å². The van der Waals surface area contributed by atoms with Gasteiger partial charge in [0.2, 0.25) is 11.8 Å². The van der Waals surface area contributed by atoms with Crippen LogP contribution in [0.2, 0.25) is 0 Å². The molecule has 0 atom stereocenters. The zero-order valence-corrected chi connectivity index (χ0v) is 21.5. The number of unbranched alkanes of at least 4 members (excludes halogenated alkanes) is 2. The topological polar surface area (TPSA) is 77.1 Å². The number of aryl methyl sites for hydroxylation is 2. The molecule has 1 amide bonds. The number of rotatable bonds is 11. The van der Waals surface area contributed by atoms with E-state index in [0.29, 0.717) is 43.5 Å². The Hall–Kier alpha value is -3.03. The Kier molecular flexibility index (Phi) is 5.31. The average molecular weight is 504 g/mol. The molecule has 0 radical (unpaired) electrons. The maximum Gasteiger partial charge on any atom is 0.233 e. The molecule has 2 heterocycles. The Balaban J connectivity index is 1.04. The van der Waals surface area contributed by atoms with Gasteiger partial charge in [0.15, 0.2) is 5.82 Å². The van der Waals surface area contributed by atoms with Gasteiger partial charge in [0.1, 0.15) is 5.67 Å². The van der Waals surface area contributed by atoms with Crippen LogP contribution in [0.3, 0.4) is 0 Å². The predicted octanol–water partition coefficient (Wildman–Crippen LogP) is 5.86. The van der Waals surface area contributed by atoms with Crippen LogP contribution in [-0.2, 0) is 18.3 Å². The number of aromatic nitrogens is 4. The first-order valence-electron chi connectivity index (χ1n) is 13.9.